The zero-order chi connectivity index (χ0) is 14.0. The number of halogens is 1. The first kappa shape index (κ1) is 14.6. The summed E-state index contributed by atoms with van der Waals surface area (Å²) in [5.74, 6) is 1.16. The molecule has 0 aliphatic carbocycles. The fourth-order valence-corrected chi connectivity index (χ4v) is 3.18. The van der Waals surface area contributed by atoms with E-state index in [0.717, 1.165) is 36.2 Å². The average molecular weight is 328 g/mol. The molecule has 1 aromatic rings. The van der Waals surface area contributed by atoms with Gasteiger partial charge in [0, 0.05) is 30.3 Å². The lowest BCUT2D eigenvalue weighted by molar-refractivity contribution is 0.0608. The second-order valence-corrected chi connectivity index (χ2v) is 6.26. The quantitative estimate of drug-likeness (QED) is 0.926. The molecule has 2 atom stereocenters. The van der Waals surface area contributed by atoms with Crippen molar-refractivity contribution in [2.45, 2.75) is 26.8 Å². The van der Waals surface area contributed by atoms with E-state index in [0.29, 0.717) is 18.4 Å². The Balaban J connectivity index is 2.15. The Bertz CT molecular complexity index is 458. The zero-order valence-electron chi connectivity index (χ0n) is 11.6. The van der Waals surface area contributed by atoms with Gasteiger partial charge < -0.3 is 15.2 Å². The fourth-order valence-electron chi connectivity index (χ4n) is 2.72. The van der Waals surface area contributed by atoms with E-state index in [4.69, 9.17) is 5.73 Å². The lowest BCUT2D eigenvalue weighted by atomic mass is 9.87. The Hall–Kier alpha value is -0.810. The van der Waals surface area contributed by atoms with Gasteiger partial charge in [0.1, 0.15) is 5.69 Å². The van der Waals surface area contributed by atoms with E-state index < -0.39 is 0 Å². The van der Waals surface area contributed by atoms with Gasteiger partial charge in [0.25, 0.3) is 5.91 Å². The highest BCUT2D eigenvalue weighted by Crippen LogP contribution is 2.24. The Morgan fingerprint density at radius 3 is 2.95 bits per heavy atom. The van der Waals surface area contributed by atoms with Crippen molar-refractivity contribution in [1.82, 2.24) is 9.47 Å². The first-order chi connectivity index (χ1) is 9.06. The van der Waals surface area contributed by atoms with Gasteiger partial charge in [-0.2, -0.15) is 0 Å². The number of hydrogen-bond donors (Lipinski definition) is 1. The van der Waals surface area contributed by atoms with Gasteiger partial charge in [-0.3, -0.25) is 4.79 Å². The molecule has 5 heteroatoms. The molecular weight excluding hydrogens is 306 g/mol. The number of hydrogen-bond acceptors (Lipinski definition) is 2. The summed E-state index contributed by atoms with van der Waals surface area (Å²) < 4.78 is 2.94. The van der Waals surface area contributed by atoms with E-state index in [1.807, 2.05) is 28.7 Å². The van der Waals surface area contributed by atoms with Crippen molar-refractivity contribution >= 4 is 21.8 Å². The summed E-state index contributed by atoms with van der Waals surface area (Å²) in [5.41, 5.74) is 6.57. The molecule has 0 aromatic carbocycles. The lowest BCUT2D eigenvalue weighted by Gasteiger charge is -2.36. The summed E-state index contributed by atoms with van der Waals surface area (Å²) in [6, 6.07) is 1.90. The predicted octanol–water partition coefficient (Wildman–Crippen LogP) is 2.33. The summed E-state index contributed by atoms with van der Waals surface area (Å²) in [6.07, 6.45) is 3.00. The monoisotopic (exact) mass is 327 g/mol. The van der Waals surface area contributed by atoms with E-state index in [9.17, 15) is 4.79 Å². The third kappa shape index (κ3) is 3.03. The maximum Gasteiger partial charge on any atom is 0.270 e. The summed E-state index contributed by atoms with van der Waals surface area (Å²) in [6.45, 7) is 7.35. The third-order valence-corrected chi connectivity index (χ3v) is 4.56. The zero-order valence-corrected chi connectivity index (χ0v) is 13.2. The van der Waals surface area contributed by atoms with Crippen LogP contribution >= 0.6 is 15.9 Å². The van der Waals surface area contributed by atoms with Crippen LogP contribution in [-0.2, 0) is 6.54 Å². The molecule has 2 heterocycles. The van der Waals surface area contributed by atoms with Crippen LogP contribution in [0.1, 0.15) is 30.8 Å². The molecule has 19 heavy (non-hydrogen) atoms. The van der Waals surface area contributed by atoms with E-state index in [1.54, 1.807) is 0 Å². The van der Waals surface area contributed by atoms with Crippen molar-refractivity contribution in [3.8, 4) is 0 Å². The van der Waals surface area contributed by atoms with Gasteiger partial charge in [-0.05, 0) is 53.7 Å². The molecule has 1 amide bonds. The van der Waals surface area contributed by atoms with Crippen LogP contribution in [0.3, 0.4) is 0 Å². The number of aryl methyl sites for hydroxylation is 1. The van der Waals surface area contributed by atoms with Crippen LogP contribution in [0, 0.1) is 11.8 Å². The smallest absolute Gasteiger partial charge is 0.270 e. The van der Waals surface area contributed by atoms with E-state index >= 15 is 0 Å². The third-order valence-electron chi connectivity index (χ3n) is 4.13. The van der Waals surface area contributed by atoms with Gasteiger partial charge in [-0.15, -0.1) is 0 Å². The molecule has 1 aliphatic rings. The molecule has 1 saturated heterocycles. The van der Waals surface area contributed by atoms with Crippen molar-refractivity contribution < 1.29 is 4.79 Å². The molecular formula is C14H22BrN3O. The van der Waals surface area contributed by atoms with Gasteiger partial charge in [0.15, 0.2) is 0 Å². The summed E-state index contributed by atoms with van der Waals surface area (Å²) in [5, 5.41) is 0. The van der Waals surface area contributed by atoms with Crippen molar-refractivity contribution in [2.24, 2.45) is 17.6 Å². The number of aromatic nitrogens is 1. The predicted molar refractivity (Wildman–Crippen MR) is 80.0 cm³/mol. The van der Waals surface area contributed by atoms with Crippen LogP contribution in [-0.4, -0.2) is 35.0 Å². The van der Waals surface area contributed by atoms with E-state index in [2.05, 4.69) is 22.9 Å². The molecule has 1 aliphatic heterocycles. The van der Waals surface area contributed by atoms with Crippen molar-refractivity contribution in [1.29, 1.82) is 0 Å². The van der Waals surface area contributed by atoms with Crippen molar-refractivity contribution in [2.75, 3.05) is 19.6 Å². The number of piperidine rings is 1. The normalized spacial score (nSPS) is 23.7. The molecule has 106 valence electrons. The second-order valence-electron chi connectivity index (χ2n) is 5.34. The minimum absolute atomic E-state index is 0.123. The molecule has 2 unspecified atom stereocenters. The Labute approximate surface area is 123 Å². The van der Waals surface area contributed by atoms with Crippen molar-refractivity contribution in [3.05, 3.63) is 22.4 Å². The van der Waals surface area contributed by atoms with Gasteiger partial charge in [-0.25, -0.2) is 0 Å². The standard InChI is InChI=1S/C14H22BrN3O/c1-3-17-9-12(15)6-13(17)14(19)18-5-4-10(2)11(7-16)8-18/h6,9-11H,3-5,7-8,16H2,1-2H3. The molecule has 0 saturated carbocycles. The molecule has 0 spiro atoms. The maximum absolute atomic E-state index is 12.6. The first-order valence-electron chi connectivity index (χ1n) is 6.91. The van der Waals surface area contributed by atoms with Gasteiger partial charge in [0.2, 0.25) is 0 Å². The minimum atomic E-state index is 0.123. The summed E-state index contributed by atoms with van der Waals surface area (Å²) in [4.78, 5) is 14.6. The minimum Gasteiger partial charge on any atom is -0.343 e. The highest BCUT2D eigenvalue weighted by atomic mass is 79.9. The molecule has 0 radical (unpaired) electrons. The molecule has 4 nitrogen and oxygen atoms in total. The van der Waals surface area contributed by atoms with E-state index in [-0.39, 0.29) is 5.91 Å². The van der Waals surface area contributed by atoms with Gasteiger partial charge in [-0.1, -0.05) is 6.92 Å². The Morgan fingerprint density at radius 2 is 2.32 bits per heavy atom. The van der Waals surface area contributed by atoms with Gasteiger partial charge >= 0.3 is 0 Å². The number of nitrogens with zero attached hydrogens (tertiary/aromatic N) is 2. The van der Waals surface area contributed by atoms with Gasteiger partial charge in [0.05, 0.1) is 0 Å². The van der Waals surface area contributed by atoms with Crippen molar-refractivity contribution in [3.63, 3.8) is 0 Å². The summed E-state index contributed by atoms with van der Waals surface area (Å²) >= 11 is 3.44. The SMILES string of the molecule is CCn1cc(Br)cc1C(=O)N1CCC(C)C(CN)C1. The van der Waals surface area contributed by atoms with Crippen LogP contribution < -0.4 is 5.73 Å². The molecule has 2 N–H and O–H groups in total. The largest absolute Gasteiger partial charge is 0.343 e. The van der Waals surface area contributed by atoms with Crippen LogP contribution in [0.4, 0.5) is 0 Å². The fraction of sp³-hybridized carbons (Fsp3) is 0.643. The topological polar surface area (TPSA) is 51.3 Å². The maximum atomic E-state index is 12.6. The number of rotatable bonds is 3. The van der Waals surface area contributed by atoms with Crippen LogP contribution in [0.2, 0.25) is 0 Å². The Kier molecular flexibility index (Phi) is 4.68. The number of likely N-dealkylation sites (tertiary alicyclic amines) is 1. The van der Waals surface area contributed by atoms with Crippen LogP contribution in [0.25, 0.3) is 0 Å². The van der Waals surface area contributed by atoms with Crippen LogP contribution in [0.5, 0.6) is 0 Å². The van der Waals surface area contributed by atoms with Crippen LogP contribution in [0.15, 0.2) is 16.7 Å². The van der Waals surface area contributed by atoms with E-state index in [1.165, 1.54) is 0 Å². The highest BCUT2D eigenvalue weighted by molar-refractivity contribution is 9.10. The summed E-state index contributed by atoms with van der Waals surface area (Å²) in [7, 11) is 0. The lowest BCUT2D eigenvalue weighted by Crippen LogP contribution is -2.45. The second kappa shape index (κ2) is 6.09. The number of carbonyl (C=O) groups excluding carboxylic acids is 1. The number of nitrogens with two attached hydrogens (primary N) is 1. The highest BCUT2D eigenvalue weighted by Gasteiger charge is 2.29. The number of carbonyl (C=O) groups is 1. The molecule has 0 bridgehead atoms. The molecule has 1 fully saturated rings. The Morgan fingerprint density at radius 1 is 1.58 bits per heavy atom. The average Bonchev–Trinajstić information content (AvgIpc) is 2.79. The molecule has 1 aromatic heterocycles. The molecule has 2 rings (SSSR count). The first-order valence-corrected chi connectivity index (χ1v) is 7.71. The number of amides is 1.